The Bertz CT molecular complexity index is 818. The van der Waals surface area contributed by atoms with Gasteiger partial charge < -0.3 is 4.98 Å². The predicted molar refractivity (Wildman–Crippen MR) is 102 cm³/mol. The summed E-state index contributed by atoms with van der Waals surface area (Å²) in [5, 5.41) is 0. The van der Waals surface area contributed by atoms with E-state index < -0.39 is 0 Å². The average molecular weight is 402 g/mol. The highest BCUT2D eigenvalue weighted by Crippen LogP contribution is 2.35. The topological polar surface area (TPSA) is 28.1 Å². The van der Waals surface area contributed by atoms with Gasteiger partial charge in [0.25, 0.3) is 0 Å². The number of benzene rings is 1. The molecule has 0 bridgehead atoms. The molecule has 0 aliphatic carbocycles. The summed E-state index contributed by atoms with van der Waals surface area (Å²) in [7, 11) is 0. The zero-order valence-electron chi connectivity index (χ0n) is 13.3. The van der Waals surface area contributed by atoms with Gasteiger partial charge >= 0.3 is 0 Å². The summed E-state index contributed by atoms with van der Waals surface area (Å²) >= 11 is 2.34. The lowest BCUT2D eigenvalue weighted by molar-refractivity contribution is 1.21. The van der Waals surface area contributed by atoms with E-state index in [0.717, 1.165) is 11.4 Å². The standard InChI is InChI=1S/C19H19IN2/c1-11-9-13(3)21-18(11)17(15-5-7-16(20)8-6-15)19-12(2)10-14(4)22-19/h5-10,21H,1-4H3. The van der Waals surface area contributed by atoms with E-state index in [1.165, 1.54) is 37.2 Å². The average Bonchev–Trinajstić information content (AvgIpc) is 2.95. The van der Waals surface area contributed by atoms with E-state index in [1.807, 2.05) is 0 Å². The second kappa shape index (κ2) is 5.88. The number of nitrogens with zero attached hydrogens (tertiary/aromatic N) is 1. The minimum absolute atomic E-state index is 1.07. The Labute approximate surface area is 145 Å². The Morgan fingerprint density at radius 2 is 1.73 bits per heavy atom. The first kappa shape index (κ1) is 15.3. The van der Waals surface area contributed by atoms with Gasteiger partial charge in [-0.15, -0.1) is 0 Å². The van der Waals surface area contributed by atoms with E-state index in [1.54, 1.807) is 0 Å². The molecule has 0 saturated heterocycles. The van der Waals surface area contributed by atoms with Crippen LogP contribution in [0.4, 0.5) is 0 Å². The van der Waals surface area contributed by atoms with E-state index in [2.05, 4.69) is 91.7 Å². The molecular formula is C19H19IN2. The first-order valence-electron chi connectivity index (χ1n) is 7.36. The lowest BCUT2D eigenvalue weighted by atomic mass is 9.96. The third kappa shape index (κ3) is 2.82. The number of aromatic nitrogens is 1. The highest BCUT2D eigenvalue weighted by atomic mass is 127. The van der Waals surface area contributed by atoms with Crippen molar-refractivity contribution in [2.45, 2.75) is 27.7 Å². The van der Waals surface area contributed by atoms with Gasteiger partial charge in [0.15, 0.2) is 0 Å². The van der Waals surface area contributed by atoms with Crippen molar-refractivity contribution in [1.82, 2.24) is 4.98 Å². The van der Waals surface area contributed by atoms with Gasteiger partial charge in [0, 0.05) is 20.5 Å². The van der Waals surface area contributed by atoms with Crippen LogP contribution in [0.15, 0.2) is 52.7 Å². The Kier molecular flexibility index (Phi) is 4.08. The van der Waals surface area contributed by atoms with Crippen LogP contribution in [0.2, 0.25) is 0 Å². The molecule has 0 atom stereocenters. The maximum absolute atomic E-state index is 4.78. The van der Waals surface area contributed by atoms with Crippen molar-refractivity contribution in [3.63, 3.8) is 0 Å². The van der Waals surface area contributed by atoms with E-state index in [-0.39, 0.29) is 0 Å². The van der Waals surface area contributed by atoms with Crippen LogP contribution in [-0.2, 0) is 0 Å². The van der Waals surface area contributed by atoms with Gasteiger partial charge in [0.05, 0.1) is 11.4 Å². The molecule has 1 aliphatic heterocycles. The van der Waals surface area contributed by atoms with Gasteiger partial charge in [0.2, 0.25) is 0 Å². The van der Waals surface area contributed by atoms with Crippen molar-refractivity contribution >= 4 is 33.9 Å². The van der Waals surface area contributed by atoms with Gasteiger partial charge in [-0.05, 0) is 91.3 Å². The van der Waals surface area contributed by atoms with Crippen molar-refractivity contribution in [3.05, 3.63) is 73.8 Å². The first-order chi connectivity index (χ1) is 10.5. The lowest BCUT2D eigenvalue weighted by Gasteiger charge is -2.12. The zero-order chi connectivity index (χ0) is 15.9. The molecule has 3 heteroatoms. The summed E-state index contributed by atoms with van der Waals surface area (Å²) in [6.45, 7) is 8.43. The highest BCUT2D eigenvalue weighted by molar-refractivity contribution is 14.1. The Morgan fingerprint density at radius 1 is 1.05 bits per heavy atom. The number of aromatic amines is 1. The summed E-state index contributed by atoms with van der Waals surface area (Å²) in [5.74, 6) is 0. The number of aliphatic imine (C=N–C) groups is 1. The van der Waals surface area contributed by atoms with E-state index >= 15 is 0 Å². The molecule has 0 amide bonds. The molecule has 1 aromatic carbocycles. The van der Waals surface area contributed by atoms with Gasteiger partial charge in [-0.3, -0.25) is 4.99 Å². The molecule has 0 saturated carbocycles. The molecule has 2 aromatic rings. The molecule has 3 rings (SSSR count). The molecule has 0 fully saturated rings. The van der Waals surface area contributed by atoms with Crippen LogP contribution in [0.1, 0.15) is 36.4 Å². The number of nitrogens with one attached hydrogen (secondary N) is 1. The summed E-state index contributed by atoms with van der Waals surface area (Å²) in [5.41, 5.74) is 9.35. The Balaban J connectivity index is 2.29. The van der Waals surface area contributed by atoms with Crippen LogP contribution < -0.4 is 0 Å². The smallest absolute Gasteiger partial charge is 0.0761 e. The molecule has 0 radical (unpaired) electrons. The number of aryl methyl sites for hydroxylation is 2. The number of H-pyrrole nitrogens is 1. The molecule has 1 aliphatic rings. The van der Waals surface area contributed by atoms with Crippen molar-refractivity contribution in [1.29, 1.82) is 0 Å². The predicted octanol–water partition coefficient (Wildman–Crippen LogP) is 5.42. The second-order valence-corrected chi connectivity index (χ2v) is 7.07. The monoisotopic (exact) mass is 402 g/mol. The first-order valence-corrected chi connectivity index (χ1v) is 8.44. The number of hydrogen-bond acceptors (Lipinski definition) is 1. The van der Waals surface area contributed by atoms with Crippen molar-refractivity contribution in [2.24, 2.45) is 4.99 Å². The molecule has 112 valence electrons. The molecule has 0 unspecified atom stereocenters. The number of rotatable bonds is 2. The van der Waals surface area contributed by atoms with Gasteiger partial charge in [-0.2, -0.15) is 0 Å². The molecule has 22 heavy (non-hydrogen) atoms. The van der Waals surface area contributed by atoms with Crippen LogP contribution in [-0.4, -0.2) is 10.7 Å². The molecule has 1 N–H and O–H groups in total. The molecule has 1 aromatic heterocycles. The number of hydrogen-bond donors (Lipinski definition) is 1. The van der Waals surface area contributed by atoms with Crippen molar-refractivity contribution in [2.75, 3.05) is 0 Å². The third-order valence-electron chi connectivity index (χ3n) is 3.86. The quantitative estimate of drug-likeness (QED) is 0.651. The maximum atomic E-state index is 4.78. The number of halogens is 1. The van der Waals surface area contributed by atoms with Crippen LogP contribution in [0, 0.1) is 17.4 Å². The third-order valence-corrected chi connectivity index (χ3v) is 4.58. The van der Waals surface area contributed by atoms with Crippen LogP contribution in [0.5, 0.6) is 0 Å². The maximum Gasteiger partial charge on any atom is 0.0761 e. The van der Waals surface area contributed by atoms with Gasteiger partial charge in [0.1, 0.15) is 0 Å². The van der Waals surface area contributed by atoms with Gasteiger partial charge in [-0.25, -0.2) is 0 Å². The largest absolute Gasteiger partial charge is 0.358 e. The van der Waals surface area contributed by atoms with Crippen LogP contribution >= 0.6 is 22.6 Å². The Morgan fingerprint density at radius 3 is 2.23 bits per heavy atom. The lowest BCUT2D eigenvalue weighted by Crippen LogP contribution is -1.96. The SMILES string of the molecule is CC1=CC(C)=NC1=C(c1ccc(I)cc1)c1[nH]c(C)cc1C. The minimum atomic E-state index is 1.07. The van der Waals surface area contributed by atoms with E-state index in [9.17, 15) is 0 Å². The fraction of sp³-hybridized carbons (Fsp3) is 0.211. The molecule has 0 spiro atoms. The van der Waals surface area contributed by atoms with Crippen LogP contribution in [0.25, 0.3) is 5.57 Å². The van der Waals surface area contributed by atoms with Crippen LogP contribution in [0.3, 0.4) is 0 Å². The number of allylic oxidation sites excluding steroid dienone is 2. The van der Waals surface area contributed by atoms with Gasteiger partial charge in [-0.1, -0.05) is 12.1 Å². The summed E-state index contributed by atoms with van der Waals surface area (Å²) in [4.78, 5) is 8.29. The Hall–Kier alpha value is -1.62. The summed E-state index contributed by atoms with van der Waals surface area (Å²) < 4.78 is 1.24. The minimum Gasteiger partial charge on any atom is -0.358 e. The molecule has 2 heterocycles. The summed E-state index contributed by atoms with van der Waals surface area (Å²) in [6, 6.07) is 10.8. The molecule has 2 nitrogen and oxygen atoms in total. The fourth-order valence-electron chi connectivity index (χ4n) is 2.94. The van der Waals surface area contributed by atoms with Crippen molar-refractivity contribution < 1.29 is 0 Å². The highest BCUT2D eigenvalue weighted by Gasteiger charge is 2.19. The van der Waals surface area contributed by atoms with Crippen molar-refractivity contribution in [3.8, 4) is 0 Å². The zero-order valence-corrected chi connectivity index (χ0v) is 15.4. The fourth-order valence-corrected chi connectivity index (χ4v) is 3.30. The second-order valence-electron chi connectivity index (χ2n) is 5.82. The van der Waals surface area contributed by atoms with E-state index in [4.69, 9.17) is 4.99 Å². The molecular weight excluding hydrogens is 383 g/mol. The normalized spacial score (nSPS) is 16.6. The summed E-state index contributed by atoms with van der Waals surface area (Å²) in [6.07, 6.45) is 2.15. The van der Waals surface area contributed by atoms with E-state index in [0.29, 0.717) is 0 Å².